The zero-order chi connectivity index (χ0) is 19.1. The monoisotopic (exact) mass is 388 g/mol. The average molecular weight is 388 g/mol. The molecule has 1 aromatic rings. The lowest BCUT2D eigenvalue weighted by Crippen LogP contribution is -2.26. The highest BCUT2D eigenvalue weighted by atomic mass is 32.2. The van der Waals surface area contributed by atoms with Gasteiger partial charge in [-0.05, 0) is 37.1 Å². The second-order valence-electron chi connectivity index (χ2n) is 6.73. The standard InChI is InChI=1S/C19H24N4O3S/c24-17(25)11-16-18(26)21-19(27-16)22-20-12-14-7-3-4-8-15(14)13-23-9-5-1-2-6-10-23/h3-4,7-8,12,16H,1-2,5-6,9-11,13H2,(H,24,25)(H,21,22,26). The molecule has 2 saturated heterocycles. The summed E-state index contributed by atoms with van der Waals surface area (Å²) >= 11 is 1.10. The molecule has 2 aliphatic heterocycles. The first kappa shape index (κ1) is 19.6. The number of carbonyl (C=O) groups is 2. The molecule has 2 heterocycles. The highest BCUT2D eigenvalue weighted by Gasteiger charge is 2.32. The number of benzene rings is 1. The van der Waals surface area contributed by atoms with Crippen molar-refractivity contribution in [2.24, 2.45) is 10.2 Å². The molecule has 0 aliphatic carbocycles. The Kier molecular flexibility index (Phi) is 7.00. The van der Waals surface area contributed by atoms with Crippen LogP contribution >= 0.6 is 11.8 Å². The van der Waals surface area contributed by atoms with Crippen molar-refractivity contribution in [1.29, 1.82) is 0 Å². The van der Waals surface area contributed by atoms with Gasteiger partial charge >= 0.3 is 5.97 Å². The first-order valence-electron chi connectivity index (χ1n) is 9.22. The number of hydrogen-bond donors (Lipinski definition) is 2. The van der Waals surface area contributed by atoms with Gasteiger partial charge in [0.05, 0.1) is 12.6 Å². The largest absolute Gasteiger partial charge is 0.481 e. The van der Waals surface area contributed by atoms with E-state index in [-0.39, 0.29) is 12.3 Å². The van der Waals surface area contributed by atoms with E-state index >= 15 is 0 Å². The number of nitrogens with one attached hydrogen (secondary N) is 1. The van der Waals surface area contributed by atoms with Gasteiger partial charge < -0.3 is 10.4 Å². The molecule has 1 aromatic carbocycles. The van der Waals surface area contributed by atoms with Crippen LogP contribution in [0.15, 0.2) is 34.5 Å². The summed E-state index contributed by atoms with van der Waals surface area (Å²) in [7, 11) is 0. The maximum absolute atomic E-state index is 11.7. The molecule has 2 N–H and O–H groups in total. The molecule has 3 rings (SSSR count). The Morgan fingerprint density at radius 1 is 1.26 bits per heavy atom. The smallest absolute Gasteiger partial charge is 0.305 e. The average Bonchev–Trinajstić information content (AvgIpc) is 2.83. The third-order valence-corrected chi connectivity index (χ3v) is 5.70. The Labute approximate surface area is 162 Å². The molecule has 0 radical (unpaired) electrons. The number of carbonyl (C=O) groups excluding carboxylic acids is 1. The van der Waals surface area contributed by atoms with E-state index in [1.807, 2.05) is 18.2 Å². The number of likely N-dealkylation sites (tertiary alicyclic amines) is 1. The molecule has 0 aromatic heterocycles. The number of thioether (sulfide) groups is 1. The zero-order valence-corrected chi connectivity index (χ0v) is 16.0. The number of aliphatic carboxylic acids is 1. The van der Waals surface area contributed by atoms with Crippen LogP contribution in [0.2, 0.25) is 0 Å². The van der Waals surface area contributed by atoms with Gasteiger partial charge in [0.1, 0.15) is 5.25 Å². The molecule has 7 nitrogen and oxygen atoms in total. The van der Waals surface area contributed by atoms with Crippen LogP contribution < -0.4 is 5.32 Å². The summed E-state index contributed by atoms with van der Waals surface area (Å²) in [4.78, 5) is 25.0. The minimum Gasteiger partial charge on any atom is -0.481 e. The molecule has 0 spiro atoms. The predicted octanol–water partition coefficient (Wildman–Crippen LogP) is 2.46. The van der Waals surface area contributed by atoms with Crippen LogP contribution in [0, 0.1) is 0 Å². The van der Waals surface area contributed by atoms with Crippen molar-refractivity contribution in [2.45, 2.75) is 43.9 Å². The molecular formula is C19H24N4O3S. The van der Waals surface area contributed by atoms with Crippen molar-refractivity contribution in [3.8, 4) is 0 Å². The van der Waals surface area contributed by atoms with E-state index in [1.165, 1.54) is 31.2 Å². The molecule has 2 aliphatic rings. The molecule has 1 atom stereocenters. The van der Waals surface area contributed by atoms with Crippen LogP contribution in [0.4, 0.5) is 0 Å². The van der Waals surface area contributed by atoms with Crippen molar-refractivity contribution >= 4 is 35.0 Å². The van der Waals surface area contributed by atoms with Crippen molar-refractivity contribution in [1.82, 2.24) is 10.2 Å². The van der Waals surface area contributed by atoms with Gasteiger partial charge in [-0.1, -0.05) is 48.9 Å². The Morgan fingerprint density at radius 3 is 2.74 bits per heavy atom. The third kappa shape index (κ3) is 5.90. The second-order valence-corrected chi connectivity index (χ2v) is 7.92. The number of carboxylic acids is 1. The zero-order valence-electron chi connectivity index (χ0n) is 15.1. The summed E-state index contributed by atoms with van der Waals surface area (Å²) in [6.07, 6.45) is 6.58. The van der Waals surface area contributed by atoms with Crippen LogP contribution in [0.3, 0.4) is 0 Å². The maximum atomic E-state index is 11.7. The highest BCUT2D eigenvalue weighted by Crippen LogP contribution is 2.22. The summed E-state index contributed by atoms with van der Waals surface area (Å²) in [5, 5.41) is 19.2. The first-order valence-corrected chi connectivity index (χ1v) is 10.1. The summed E-state index contributed by atoms with van der Waals surface area (Å²) in [6.45, 7) is 3.15. The fourth-order valence-corrected chi connectivity index (χ4v) is 4.14. The summed E-state index contributed by atoms with van der Waals surface area (Å²) < 4.78 is 0. The molecule has 1 unspecified atom stereocenters. The molecule has 27 heavy (non-hydrogen) atoms. The van der Waals surface area contributed by atoms with Crippen molar-refractivity contribution in [2.75, 3.05) is 13.1 Å². The van der Waals surface area contributed by atoms with E-state index in [0.717, 1.165) is 37.0 Å². The molecule has 8 heteroatoms. The van der Waals surface area contributed by atoms with Gasteiger partial charge in [-0.15, -0.1) is 5.10 Å². The summed E-state index contributed by atoms with van der Waals surface area (Å²) in [5.74, 6) is -1.34. The van der Waals surface area contributed by atoms with Gasteiger partial charge in [0, 0.05) is 6.54 Å². The number of amides is 1. The van der Waals surface area contributed by atoms with Crippen LogP contribution in [-0.4, -0.2) is 51.6 Å². The molecule has 144 valence electrons. The van der Waals surface area contributed by atoms with Crippen molar-refractivity contribution < 1.29 is 14.7 Å². The van der Waals surface area contributed by atoms with Crippen LogP contribution in [0.5, 0.6) is 0 Å². The lowest BCUT2D eigenvalue weighted by atomic mass is 10.1. The number of rotatable bonds is 6. The summed E-state index contributed by atoms with van der Waals surface area (Å²) in [6, 6.07) is 8.11. The number of amidine groups is 1. The number of carboxylic acid groups (broad SMARTS) is 1. The highest BCUT2D eigenvalue weighted by molar-refractivity contribution is 8.15. The fraction of sp³-hybridized carbons (Fsp3) is 0.474. The Bertz CT molecular complexity index is 742. The van der Waals surface area contributed by atoms with Crippen molar-refractivity contribution in [3.63, 3.8) is 0 Å². The predicted molar refractivity (Wildman–Crippen MR) is 107 cm³/mol. The summed E-state index contributed by atoms with van der Waals surface area (Å²) in [5.41, 5.74) is 2.21. The van der Waals surface area contributed by atoms with Gasteiger partial charge in [0.2, 0.25) is 5.91 Å². The van der Waals surface area contributed by atoms with Crippen LogP contribution in [0.1, 0.15) is 43.2 Å². The molecule has 1 amide bonds. The van der Waals surface area contributed by atoms with Gasteiger partial charge in [0.15, 0.2) is 5.17 Å². The quantitative estimate of drug-likeness (QED) is 0.577. The molecular weight excluding hydrogens is 364 g/mol. The topological polar surface area (TPSA) is 94.4 Å². The first-order chi connectivity index (χ1) is 13.1. The minimum absolute atomic E-state index is 0.224. The lowest BCUT2D eigenvalue weighted by Gasteiger charge is -2.20. The van der Waals surface area contributed by atoms with E-state index in [2.05, 4.69) is 26.5 Å². The Morgan fingerprint density at radius 2 is 2.00 bits per heavy atom. The number of hydrogen-bond acceptors (Lipinski definition) is 6. The van der Waals surface area contributed by atoms with E-state index in [0.29, 0.717) is 5.17 Å². The van der Waals surface area contributed by atoms with E-state index in [1.54, 1.807) is 6.21 Å². The van der Waals surface area contributed by atoms with E-state index in [4.69, 9.17) is 5.11 Å². The molecule has 2 fully saturated rings. The van der Waals surface area contributed by atoms with Gasteiger partial charge in [0.25, 0.3) is 0 Å². The Balaban J connectivity index is 1.63. The number of nitrogens with zero attached hydrogens (tertiary/aromatic N) is 3. The van der Waals surface area contributed by atoms with Gasteiger partial charge in [-0.2, -0.15) is 5.10 Å². The SMILES string of the molecule is O=C(O)CC1SC(=NN=Cc2ccccc2CN2CCCCCC2)NC1=O. The Hall–Kier alpha value is -2.19. The maximum Gasteiger partial charge on any atom is 0.305 e. The second kappa shape index (κ2) is 9.66. The van der Waals surface area contributed by atoms with Crippen LogP contribution in [-0.2, 0) is 16.1 Å². The van der Waals surface area contributed by atoms with E-state index < -0.39 is 11.2 Å². The third-order valence-electron chi connectivity index (χ3n) is 4.63. The normalized spacial score (nSPS) is 22.9. The lowest BCUT2D eigenvalue weighted by molar-refractivity contribution is -0.138. The van der Waals surface area contributed by atoms with E-state index in [9.17, 15) is 9.59 Å². The molecule has 0 saturated carbocycles. The van der Waals surface area contributed by atoms with Crippen LogP contribution in [0.25, 0.3) is 0 Å². The van der Waals surface area contributed by atoms with Gasteiger partial charge in [-0.25, -0.2) is 0 Å². The minimum atomic E-state index is -1.00. The van der Waals surface area contributed by atoms with Gasteiger partial charge in [-0.3, -0.25) is 14.5 Å². The van der Waals surface area contributed by atoms with Crippen molar-refractivity contribution in [3.05, 3.63) is 35.4 Å². The fourth-order valence-electron chi connectivity index (χ4n) is 3.23. The molecule has 0 bridgehead atoms.